The minimum absolute atomic E-state index is 0.0471. The molecular weight excluding hydrogens is 438 g/mol. The first-order valence-corrected chi connectivity index (χ1v) is 10.1. The van der Waals surface area contributed by atoms with Gasteiger partial charge in [-0.15, -0.1) is 0 Å². The number of carboxylic acid groups (broad SMARTS) is 1. The Bertz CT molecular complexity index is 1010. The quantitative estimate of drug-likeness (QED) is 0.764. The molecule has 0 bridgehead atoms. The molecule has 1 aromatic carbocycles. The number of halogens is 1. The largest absolute Gasteiger partial charge is 0.478 e. The number of carboxylic acids is 1. The van der Waals surface area contributed by atoms with Crippen LogP contribution in [0.5, 0.6) is 0 Å². The van der Waals surface area contributed by atoms with Crippen LogP contribution in [0.4, 0.5) is 5.69 Å². The van der Waals surface area contributed by atoms with Crippen LogP contribution in [0.25, 0.3) is 0 Å². The van der Waals surface area contributed by atoms with Gasteiger partial charge in [0.2, 0.25) is 11.8 Å². The molecule has 7 nitrogen and oxygen atoms in total. The first-order chi connectivity index (χ1) is 13.8. The van der Waals surface area contributed by atoms with Gasteiger partial charge >= 0.3 is 5.97 Å². The molecule has 1 atom stereocenters. The number of likely N-dealkylation sites (tertiary alicyclic amines) is 1. The number of anilines is 1. The highest BCUT2D eigenvalue weighted by Crippen LogP contribution is 2.47. The van der Waals surface area contributed by atoms with Gasteiger partial charge in [0.05, 0.1) is 12.0 Å². The number of carbonyl (C=O) groups is 3. The van der Waals surface area contributed by atoms with Crippen molar-refractivity contribution in [3.63, 3.8) is 0 Å². The third kappa shape index (κ3) is 3.53. The molecule has 2 amide bonds. The van der Waals surface area contributed by atoms with E-state index in [0.717, 1.165) is 22.1 Å². The summed E-state index contributed by atoms with van der Waals surface area (Å²) in [5, 5.41) is 8.99. The smallest absolute Gasteiger partial charge is 0.337 e. The molecule has 4 rings (SSSR count). The minimum Gasteiger partial charge on any atom is -0.478 e. The van der Waals surface area contributed by atoms with Crippen LogP contribution in [-0.4, -0.2) is 52.4 Å². The van der Waals surface area contributed by atoms with Crippen molar-refractivity contribution in [1.29, 1.82) is 0 Å². The zero-order valence-electron chi connectivity index (χ0n) is 15.9. The van der Waals surface area contributed by atoms with Crippen LogP contribution in [0.3, 0.4) is 0 Å². The van der Waals surface area contributed by atoms with Crippen molar-refractivity contribution in [1.82, 2.24) is 9.88 Å². The number of aromatic carboxylic acids is 1. The molecule has 3 heterocycles. The number of nitrogens with zero attached hydrogens (tertiary/aromatic N) is 3. The van der Waals surface area contributed by atoms with Gasteiger partial charge in [0.25, 0.3) is 0 Å². The molecule has 1 spiro atoms. The molecular formula is C21H20BrN3O4. The van der Waals surface area contributed by atoms with Crippen molar-refractivity contribution in [2.45, 2.75) is 25.2 Å². The topological polar surface area (TPSA) is 90.8 Å². The fourth-order valence-corrected chi connectivity index (χ4v) is 4.62. The second-order valence-corrected chi connectivity index (χ2v) is 8.55. The fourth-order valence-electron chi connectivity index (χ4n) is 4.26. The van der Waals surface area contributed by atoms with Gasteiger partial charge in [0, 0.05) is 54.0 Å². The molecule has 1 N–H and O–H groups in total. The van der Waals surface area contributed by atoms with Gasteiger partial charge < -0.3 is 14.9 Å². The average Bonchev–Trinajstić information content (AvgIpc) is 3.25. The molecule has 0 saturated carbocycles. The van der Waals surface area contributed by atoms with Crippen LogP contribution >= 0.6 is 15.9 Å². The number of pyridine rings is 1. The second kappa shape index (κ2) is 7.26. The Morgan fingerprint density at radius 2 is 2.00 bits per heavy atom. The Morgan fingerprint density at radius 3 is 2.62 bits per heavy atom. The predicted octanol–water partition coefficient (Wildman–Crippen LogP) is 2.62. The fraction of sp³-hybridized carbons (Fsp3) is 0.333. The maximum atomic E-state index is 13.1. The summed E-state index contributed by atoms with van der Waals surface area (Å²) in [4.78, 5) is 43.7. The van der Waals surface area contributed by atoms with E-state index in [4.69, 9.17) is 5.11 Å². The van der Waals surface area contributed by atoms with E-state index in [0.29, 0.717) is 25.3 Å². The minimum atomic E-state index is -1.05. The van der Waals surface area contributed by atoms with Crippen molar-refractivity contribution in [2.24, 2.45) is 0 Å². The molecule has 29 heavy (non-hydrogen) atoms. The molecule has 1 saturated heterocycles. The molecule has 1 unspecified atom stereocenters. The third-order valence-electron chi connectivity index (χ3n) is 5.79. The van der Waals surface area contributed by atoms with Gasteiger partial charge in [0.1, 0.15) is 0 Å². The SMILES string of the molecule is CC(=O)N1CCC2(C1)CN(C(=O)Cc1ccc(C(=O)O)cn1)c1ccc(Br)cc12. The van der Waals surface area contributed by atoms with E-state index in [1.165, 1.54) is 12.3 Å². The van der Waals surface area contributed by atoms with E-state index < -0.39 is 5.97 Å². The molecule has 2 aliphatic rings. The first kappa shape index (κ1) is 19.6. The Labute approximate surface area is 176 Å². The van der Waals surface area contributed by atoms with Crippen molar-refractivity contribution in [3.05, 3.63) is 57.8 Å². The Morgan fingerprint density at radius 1 is 1.21 bits per heavy atom. The van der Waals surface area contributed by atoms with Gasteiger partial charge in [-0.3, -0.25) is 14.6 Å². The lowest BCUT2D eigenvalue weighted by molar-refractivity contribution is -0.127. The van der Waals surface area contributed by atoms with Crippen molar-refractivity contribution >= 4 is 39.4 Å². The van der Waals surface area contributed by atoms with Crippen molar-refractivity contribution < 1.29 is 19.5 Å². The number of hydrogen-bond acceptors (Lipinski definition) is 4. The second-order valence-electron chi connectivity index (χ2n) is 7.63. The molecule has 8 heteroatoms. The number of aromatic nitrogens is 1. The lowest BCUT2D eigenvalue weighted by Gasteiger charge is -2.25. The standard InChI is InChI=1S/C21H20BrN3O4/c1-13(26)24-7-6-21(11-24)12-25(18-5-3-15(22)8-17(18)21)19(27)9-16-4-2-14(10-23-16)20(28)29/h2-5,8,10H,6-7,9,11-12H2,1H3,(H,28,29). The first-order valence-electron chi connectivity index (χ1n) is 9.33. The van der Waals surface area contributed by atoms with Gasteiger partial charge in [-0.1, -0.05) is 15.9 Å². The molecule has 2 aromatic rings. The summed E-state index contributed by atoms with van der Waals surface area (Å²) >= 11 is 3.53. The molecule has 1 aromatic heterocycles. The van der Waals surface area contributed by atoms with Crippen LogP contribution in [0.1, 0.15) is 35.0 Å². The van der Waals surface area contributed by atoms with Crippen LogP contribution in [-0.2, 0) is 21.4 Å². The molecule has 150 valence electrons. The number of benzene rings is 1. The van der Waals surface area contributed by atoms with Crippen LogP contribution in [0, 0.1) is 0 Å². The Hall–Kier alpha value is -2.74. The van der Waals surface area contributed by atoms with Crippen molar-refractivity contribution in [3.8, 4) is 0 Å². The molecule has 0 aliphatic carbocycles. The Kier molecular flexibility index (Phi) is 4.90. The number of rotatable bonds is 3. The third-order valence-corrected chi connectivity index (χ3v) is 6.28. The normalized spacial score (nSPS) is 20.2. The average molecular weight is 458 g/mol. The maximum absolute atomic E-state index is 13.1. The van der Waals surface area contributed by atoms with Gasteiger partial charge in [-0.2, -0.15) is 0 Å². The van der Waals surface area contributed by atoms with E-state index in [1.54, 1.807) is 17.9 Å². The lowest BCUT2D eigenvalue weighted by atomic mass is 9.81. The lowest BCUT2D eigenvalue weighted by Crippen LogP contribution is -2.40. The van der Waals surface area contributed by atoms with E-state index in [1.807, 2.05) is 23.1 Å². The highest BCUT2D eigenvalue weighted by atomic mass is 79.9. The number of hydrogen-bond donors (Lipinski definition) is 1. The zero-order valence-corrected chi connectivity index (χ0v) is 17.5. The van der Waals surface area contributed by atoms with Crippen LogP contribution in [0.15, 0.2) is 41.0 Å². The number of fused-ring (bicyclic) bond motifs is 2. The Balaban J connectivity index is 1.61. The summed E-state index contributed by atoms with van der Waals surface area (Å²) in [5.74, 6) is -1.10. The van der Waals surface area contributed by atoms with E-state index in [2.05, 4.69) is 20.9 Å². The monoisotopic (exact) mass is 457 g/mol. The van der Waals surface area contributed by atoms with E-state index >= 15 is 0 Å². The van der Waals surface area contributed by atoms with Crippen molar-refractivity contribution in [2.75, 3.05) is 24.5 Å². The molecule has 0 radical (unpaired) electrons. The molecule has 2 aliphatic heterocycles. The van der Waals surface area contributed by atoms with Gasteiger partial charge in [-0.25, -0.2) is 4.79 Å². The highest BCUT2D eigenvalue weighted by Gasteiger charge is 2.49. The van der Waals surface area contributed by atoms with Gasteiger partial charge in [0.15, 0.2) is 0 Å². The summed E-state index contributed by atoms with van der Waals surface area (Å²) < 4.78 is 0.942. The van der Waals surface area contributed by atoms with Crippen LogP contribution in [0.2, 0.25) is 0 Å². The number of carbonyl (C=O) groups excluding carboxylic acids is 2. The summed E-state index contributed by atoms with van der Waals surface area (Å²) in [6, 6.07) is 8.92. The maximum Gasteiger partial charge on any atom is 0.337 e. The summed E-state index contributed by atoms with van der Waals surface area (Å²) in [5.41, 5.74) is 2.30. The summed E-state index contributed by atoms with van der Waals surface area (Å²) in [6.07, 6.45) is 2.16. The summed E-state index contributed by atoms with van der Waals surface area (Å²) in [7, 11) is 0. The summed E-state index contributed by atoms with van der Waals surface area (Å²) in [6.45, 7) is 3.38. The van der Waals surface area contributed by atoms with E-state index in [-0.39, 0.29) is 29.2 Å². The van der Waals surface area contributed by atoms with E-state index in [9.17, 15) is 14.4 Å². The predicted molar refractivity (Wildman–Crippen MR) is 110 cm³/mol. The molecule has 1 fully saturated rings. The zero-order chi connectivity index (χ0) is 20.8. The number of amides is 2. The van der Waals surface area contributed by atoms with Crippen LogP contribution < -0.4 is 4.90 Å². The highest BCUT2D eigenvalue weighted by molar-refractivity contribution is 9.10. The van der Waals surface area contributed by atoms with Gasteiger partial charge in [-0.05, 0) is 42.3 Å².